The predicted octanol–water partition coefficient (Wildman–Crippen LogP) is 3.31. The lowest BCUT2D eigenvalue weighted by Crippen LogP contribution is -2.75. The van der Waals surface area contributed by atoms with Crippen molar-refractivity contribution in [3.05, 3.63) is 88.2 Å². The molecule has 2 bridgehead atoms. The molecule has 208 valence electrons. The molecule has 0 spiro atoms. The number of likely N-dealkylation sites (tertiary alicyclic amines) is 2. The first kappa shape index (κ1) is 28.1. The monoisotopic (exact) mass is 583 g/mol. The summed E-state index contributed by atoms with van der Waals surface area (Å²) in [6, 6.07) is 9.91. The quantitative estimate of drug-likeness (QED) is 0.316. The Labute approximate surface area is 241 Å². The van der Waals surface area contributed by atoms with Crippen LogP contribution in [-0.2, 0) is 30.4 Å². The Morgan fingerprint density at radius 1 is 0.875 bits per heavy atom. The Bertz CT molecular complexity index is 1370. The average Bonchev–Trinajstić information content (AvgIpc) is 2.94. The Balaban J connectivity index is 1.82. The van der Waals surface area contributed by atoms with Gasteiger partial charge in [0.25, 0.3) is 0 Å². The van der Waals surface area contributed by atoms with Crippen LogP contribution in [0.15, 0.2) is 61.1 Å². The van der Waals surface area contributed by atoms with Crippen molar-refractivity contribution in [1.29, 1.82) is 0 Å². The highest BCUT2D eigenvalue weighted by atomic mass is 35.5. The fourth-order valence-corrected chi connectivity index (χ4v) is 6.70. The van der Waals surface area contributed by atoms with Gasteiger partial charge in [0.05, 0.1) is 43.4 Å². The van der Waals surface area contributed by atoms with E-state index < -0.39 is 40.6 Å². The Kier molecular flexibility index (Phi) is 7.62. The SMILES string of the molecule is COC(=O)C12CN(Cc3ccccn3)CC(C(=O)OC)(C1=O)C(c1cc(Cl)ccn1)N(C)C2c1cc(Cl)ccn1. The summed E-state index contributed by atoms with van der Waals surface area (Å²) in [6.45, 7) is 0.125. The first-order valence-electron chi connectivity index (χ1n) is 12.5. The minimum Gasteiger partial charge on any atom is -0.468 e. The number of fused-ring (bicyclic) bond motifs is 2. The van der Waals surface area contributed by atoms with Gasteiger partial charge in [0, 0.05) is 48.3 Å². The molecule has 10 nitrogen and oxygen atoms in total. The fourth-order valence-electron chi connectivity index (χ4n) is 6.37. The van der Waals surface area contributed by atoms with Gasteiger partial charge in [-0.05, 0) is 43.4 Å². The summed E-state index contributed by atoms with van der Waals surface area (Å²) in [5, 5.41) is 0.739. The third-order valence-electron chi connectivity index (χ3n) is 7.76. The maximum absolute atomic E-state index is 14.9. The van der Waals surface area contributed by atoms with Crippen LogP contribution in [0.5, 0.6) is 0 Å². The summed E-state index contributed by atoms with van der Waals surface area (Å²) in [4.78, 5) is 59.9. The van der Waals surface area contributed by atoms with Gasteiger partial charge in [-0.25, -0.2) is 0 Å². The molecule has 0 N–H and O–H groups in total. The van der Waals surface area contributed by atoms with E-state index in [0.29, 0.717) is 27.1 Å². The van der Waals surface area contributed by atoms with Crippen molar-refractivity contribution in [2.24, 2.45) is 10.8 Å². The summed E-state index contributed by atoms with van der Waals surface area (Å²) in [5.41, 5.74) is -2.34. The third kappa shape index (κ3) is 4.35. The molecule has 2 fully saturated rings. The van der Waals surface area contributed by atoms with Gasteiger partial charge in [0.15, 0.2) is 16.6 Å². The van der Waals surface area contributed by atoms with Crippen LogP contribution in [0.25, 0.3) is 0 Å². The molecule has 2 saturated heterocycles. The molecule has 2 aliphatic rings. The summed E-state index contributed by atoms with van der Waals surface area (Å²) < 4.78 is 10.6. The summed E-state index contributed by atoms with van der Waals surface area (Å²) >= 11 is 12.7. The molecule has 4 atom stereocenters. The van der Waals surface area contributed by atoms with E-state index in [1.165, 1.54) is 26.6 Å². The van der Waals surface area contributed by atoms with Crippen molar-refractivity contribution in [1.82, 2.24) is 24.8 Å². The number of ether oxygens (including phenoxy) is 2. The van der Waals surface area contributed by atoms with E-state index in [0.717, 1.165) is 0 Å². The Morgan fingerprint density at radius 2 is 1.40 bits per heavy atom. The van der Waals surface area contributed by atoms with Gasteiger partial charge in [-0.3, -0.25) is 39.1 Å². The summed E-state index contributed by atoms with van der Waals surface area (Å²) in [5.74, 6) is -2.23. The van der Waals surface area contributed by atoms with E-state index in [4.69, 9.17) is 32.7 Å². The van der Waals surface area contributed by atoms with Crippen molar-refractivity contribution in [3.8, 4) is 0 Å². The number of methoxy groups -OCH3 is 2. The molecular weight excluding hydrogens is 557 g/mol. The molecule has 4 unspecified atom stereocenters. The molecule has 5 rings (SSSR count). The van der Waals surface area contributed by atoms with E-state index in [1.807, 2.05) is 17.0 Å². The van der Waals surface area contributed by atoms with Crippen molar-refractivity contribution in [2.75, 3.05) is 34.4 Å². The average molecular weight is 584 g/mol. The maximum atomic E-state index is 14.9. The van der Waals surface area contributed by atoms with Crippen molar-refractivity contribution >= 4 is 40.9 Å². The van der Waals surface area contributed by atoms with Crippen molar-refractivity contribution < 1.29 is 23.9 Å². The van der Waals surface area contributed by atoms with E-state index >= 15 is 0 Å². The third-order valence-corrected chi connectivity index (χ3v) is 8.23. The molecule has 0 radical (unpaired) electrons. The number of nitrogens with zero attached hydrogens (tertiary/aromatic N) is 5. The fraction of sp³-hybridized carbons (Fsp3) is 0.357. The molecule has 12 heteroatoms. The molecule has 3 aromatic rings. The van der Waals surface area contributed by atoms with Crippen LogP contribution in [0.4, 0.5) is 0 Å². The van der Waals surface area contributed by atoms with Crippen LogP contribution in [0.3, 0.4) is 0 Å². The normalized spacial score (nSPS) is 26.8. The first-order chi connectivity index (χ1) is 19.2. The van der Waals surface area contributed by atoms with Crippen LogP contribution in [0, 0.1) is 10.8 Å². The zero-order valence-corrected chi connectivity index (χ0v) is 23.6. The van der Waals surface area contributed by atoms with Crippen molar-refractivity contribution in [3.63, 3.8) is 0 Å². The standard InChI is InChI=1S/C28H27Cl2N5O5/c1-34-22(20-12-17(29)7-10-32-20)27(25(37)39-2)15-35(14-19-6-4-5-9-31-19)16-28(24(27)36,26(38)40-3)23(34)21-13-18(30)8-11-33-21/h4-13,22-23H,14-16H2,1-3H3. The van der Waals surface area contributed by atoms with E-state index in [2.05, 4.69) is 15.0 Å². The lowest BCUT2D eigenvalue weighted by Gasteiger charge is -2.60. The molecular formula is C28H27Cl2N5O5. The van der Waals surface area contributed by atoms with Crippen LogP contribution in [0.2, 0.25) is 10.0 Å². The maximum Gasteiger partial charge on any atom is 0.322 e. The molecule has 0 amide bonds. The minimum atomic E-state index is -1.88. The highest BCUT2D eigenvalue weighted by Gasteiger charge is 2.75. The molecule has 3 aromatic heterocycles. The Morgan fingerprint density at radius 3 is 1.82 bits per heavy atom. The molecule has 0 aliphatic carbocycles. The number of hydrogen-bond acceptors (Lipinski definition) is 10. The predicted molar refractivity (Wildman–Crippen MR) is 145 cm³/mol. The van der Waals surface area contributed by atoms with E-state index in [1.54, 1.807) is 48.5 Å². The number of aromatic nitrogens is 3. The lowest BCUT2D eigenvalue weighted by atomic mass is 9.54. The highest BCUT2D eigenvalue weighted by Crippen LogP contribution is 2.60. The second-order valence-corrected chi connectivity index (χ2v) is 10.9. The largest absolute Gasteiger partial charge is 0.468 e. The van der Waals surface area contributed by atoms with Gasteiger partial charge in [0.2, 0.25) is 0 Å². The van der Waals surface area contributed by atoms with Crippen LogP contribution in [0.1, 0.15) is 29.2 Å². The molecule has 5 heterocycles. The number of carbonyl (C=O) groups is 3. The Hall–Kier alpha value is -3.44. The smallest absolute Gasteiger partial charge is 0.322 e. The van der Waals surface area contributed by atoms with Gasteiger partial charge in [-0.2, -0.15) is 0 Å². The number of piperidine rings is 2. The number of ketones is 1. The number of Topliss-reactive ketones (excluding diaryl/α,β-unsaturated/α-hetero) is 1. The van der Waals surface area contributed by atoms with Crippen molar-refractivity contribution in [2.45, 2.75) is 18.6 Å². The van der Waals surface area contributed by atoms with Crippen LogP contribution >= 0.6 is 23.2 Å². The number of hydrogen-bond donors (Lipinski definition) is 0. The highest BCUT2D eigenvalue weighted by molar-refractivity contribution is 6.31. The lowest BCUT2D eigenvalue weighted by molar-refractivity contribution is -0.204. The first-order valence-corrected chi connectivity index (χ1v) is 13.2. The number of esters is 2. The topological polar surface area (TPSA) is 115 Å². The van der Waals surface area contributed by atoms with Crippen LogP contribution in [-0.4, -0.2) is 76.8 Å². The van der Waals surface area contributed by atoms with Gasteiger partial charge in [0.1, 0.15) is 0 Å². The van der Waals surface area contributed by atoms with Gasteiger partial charge < -0.3 is 9.47 Å². The van der Waals surface area contributed by atoms with Gasteiger partial charge >= 0.3 is 11.9 Å². The van der Waals surface area contributed by atoms with Gasteiger partial charge in [-0.1, -0.05) is 29.3 Å². The summed E-state index contributed by atoms with van der Waals surface area (Å²) in [7, 11) is 4.15. The second-order valence-electron chi connectivity index (χ2n) is 9.99. The number of halogens is 2. The van der Waals surface area contributed by atoms with Crippen LogP contribution < -0.4 is 0 Å². The van der Waals surface area contributed by atoms with E-state index in [9.17, 15) is 14.4 Å². The van der Waals surface area contributed by atoms with E-state index in [-0.39, 0.29) is 19.6 Å². The minimum absolute atomic E-state index is 0.0628. The molecule has 40 heavy (non-hydrogen) atoms. The number of carbonyl (C=O) groups excluding carboxylic acids is 3. The number of rotatable bonds is 6. The number of pyridine rings is 3. The summed E-state index contributed by atoms with van der Waals surface area (Å²) in [6.07, 6.45) is 4.66. The zero-order chi connectivity index (χ0) is 28.7. The zero-order valence-electron chi connectivity index (χ0n) is 22.1. The molecule has 0 saturated carbocycles. The second kappa shape index (κ2) is 10.9. The van der Waals surface area contributed by atoms with Gasteiger partial charge in [-0.15, -0.1) is 0 Å². The molecule has 2 aliphatic heterocycles. The molecule has 0 aromatic carbocycles.